The molecule has 1 aromatic rings. The van der Waals surface area contributed by atoms with Crippen molar-refractivity contribution in [3.63, 3.8) is 0 Å². The lowest BCUT2D eigenvalue weighted by Gasteiger charge is -2.19. The Morgan fingerprint density at radius 1 is 1.33 bits per heavy atom. The number of benzene rings is 1. The number of rotatable bonds is 0. The summed E-state index contributed by atoms with van der Waals surface area (Å²) < 4.78 is 5.32. The SMILES string of the molecule is NC1C=C(Cl)c2ccccc2O1. The van der Waals surface area contributed by atoms with E-state index in [0.29, 0.717) is 5.03 Å². The Hall–Kier alpha value is -0.990. The topological polar surface area (TPSA) is 35.2 Å². The summed E-state index contributed by atoms with van der Waals surface area (Å²) in [6, 6.07) is 7.56. The largest absolute Gasteiger partial charge is 0.471 e. The molecule has 1 unspecified atom stereocenters. The van der Waals surface area contributed by atoms with Crippen LogP contribution in [0.25, 0.3) is 5.03 Å². The van der Waals surface area contributed by atoms with Gasteiger partial charge in [-0.2, -0.15) is 0 Å². The molecular weight excluding hydrogens is 174 g/mol. The predicted molar refractivity (Wildman–Crippen MR) is 48.9 cm³/mol. The Labute approximate surface area is 75.6 Å². The van der Waals surface area contributed by atoms with E-state index in [-0.39, 0.29) is 0 Å². The monoisotopic (exact) mass is 181 g/mol. The van der Waals surface area contributed by atoms with E-state index in [0.717, 1.165) is 11.3 Å². The molecule has 1 aliphatic heterocycles. The van der Waals surface area contributed by atoms with Gasteiger partial charge in [-0.1, -0.05) is 23.7 Å². The summed E-state index contributed by atoms with van der Waals surface area (Å²) in [7, 11) is 0. The summed E-state index contributed by atoms with van der Waals surface area (Å²) in [4.78, 5) is 0. The van der Waals surface area contributed by atoms with Crippen LogP contribution in [0.3, 0.4) is 0 Å². The second-order valence-corrected chi connectivity index (χ2v) is 3.00. The molecule has 0 radical (unpaired) electrons. The summed E-state index contributed by atoms with van der Waals surface area (Å²) in [5.74, 6) is 0.748. The number of para-hydroxylation sites is 1. The molecule has 2 nitrogen and oxygen atoms in total. The van der Waals surface area contributed by atoms with E-state index < -0.39 is 6.23 Å². The molecule has 0 aliphatic carbocycles. The van der Waals surface area contributed by atoms with Crippen molar-refractivity contribution in [1.29, 1.82) is 0 Å². The smallest absolute Gasteiger partial charge is 0.168 e. The number of fused-ring (bicyclic) bond motifs is 1. The van der Waals surface area contributed by atoms with Gasteiger partial charge < -0.3 is 4.74 Å². The fraction of sp³-hybridized carbons (Fsp3) is 0.111. The third-order valence-electron chi connectivity index (χ3n) is 1.72. The van der Waals surface area contributed by atoms with Gasteiger partial charge in [0.2, 0.25) is 0 Å². The normalized spacial score (nSPS) is 20.8. The minimum absolute atomic E-state index is 0.424. The molecule has 0 spiro atoms. The van der Waals surface area contributed by atoms with Crippen LogP contribution in [-0.2, 0) is 0 Å². The molecule has 12 heavy (non-hydrogen) atoms. The Bertz CT molecular complexity index is 335. The van der Waals surface area contributed by atoms with Gasteiger partial charge in [-0.15, -0.1) is 0 Å². The van der Waals surface area contributed by atoms with Crippen LogP contribution in [0, 0.1) is 0 Å². The summed E-state index contributed by atoms with van der Waals surface area (Å²) in [5.41, 5.74) is 6.46. The number of nitrogens with two attached hydrogens (primary N) is 1. The predicted octanol–water partition coefficient (Wildman–Crippen LogP) is 1.94. The van der Waals surface area contributed by atoms with E-state index in [2.05, 4.69) is 0 Å². The van der Waals surface area contributed by atoms with E-state index in [4.69, 9.17) is 22.1 Å². The molecule has 0 amide bonds. The zero-order valence-electron chi connectivity index (χ0n) is 6.33. The van der Waals surface area contributed by atoms with Crippen molar-refractivity contribution in [3.8, 4) is 5.75 Å². The van der Waals surface area contributed by atoms with Crippen molar-refractivity contribution in [2.45, 2.75) is 6.23 Å². The quantitative estimate of drug-likeness (QED) is 0.664. The Kier molecular flexibility index (Phi) is 1.79. The van der Waals surface area contributed by atoms with E-state index in [1.807, 2.05) is 24.3 Å². The highest BCUT2D eigenvalue weighted by Crippen LogP contribution is 2.32. The highest BCUT2D eigenvalue weighted by Gasteiger charge is 2.15. The first-order chi connectivity index (χ1) is 5.77. The van der Waals surface area contributed by atoms with E-state index in [1.165, 1.54) is 0 Å². The lowest BCUT2D eigenvalue weighted by Crippen LogP contribution is -2.27. The Balaban J connectivity index is 2.53. The molecule has 0 fully saturated rings. The van der Waals surface area contributed by atoms with Gasteiger partial charge in [0.25, 0.3) is 0 Å². The second kappa shape index (κ2) is 2.81. The number of ether oxygens (including phenoxy) is 1. The summed E-state index contributed by atoms with van der Waals surface area (Å²) in [6.07, 6.45) is 1.26. The van der Waals surface area contributed by atoms with Crippen molar-refractivity contribution in [2.75, 3.05) is 0 Å². The number of hydrogen-bond donors (Lipinski definition) is 1. The molecule has 3 heteroatoms. The average Bonchev–Trinajstić information content (AvgIpc) is 2.04. The third-order valence-corrected chi connectivity index (χ3v) is 2.05. The van der Waals surface area contributed by atoms with Crippen LogP contribution in [0.2, 0.25) is 0 Å². The van der Waals surface area contributed by atoms with Crippen molar-refractivity contribution in [1.82, 2.24) is 0 Å². The van der Waals surface area contributed by atoms with Crippen LogP contribution in [0.15, 0.2) is 30.3 Å². The molecule has 1 aliphatic rings. The molecule has 0 saturated carbocycles. The van der Waals surface area contributed by atoms with Crippen molar-refractivity contribution in [3.05, 3.63) is 35.9 Å². The van der Waals surface area contributed by atoms with Crippen molar-refractivity contribution < 1.29 is 4.74 Å². The van der Waals surface area contributed by atoms with Gasteiger partial charge in [0.1, 0.15) is 5.75 Å². The molecule has 0 bridgehead atoms. The van der Waals surface area contributed by atoms with Gasteiger partial charge >= 0.3 is 0 Å². The van der Waals surface area contributed by atoms with Gasteiger partial charge in [0.05, 0.1) is 5.03 Å². The maximum absolute atomic E-state index is 5.94. The van der Waals surface area contributed by atoms with Gasteiger partial charge in [-0.3, -0.25) is 5.73 Å². The fourth-order valence-electron chi connectivity index (χ4n) is 1.18. The fourth-order valence-corrected chi connectivity index (χ4v) is 1.46. The van der Waals surface area contributed by atoms with E-state index >= 15 is 0 Å². The van der Waals surface area contributed by atoms with Crippen LogP contribution in [0.1, 0.15) is 5.56 Å². The first kappa shape index (κ1) is 7.65. The Morgan fingerprint density at radius 3 is 2.92 bits per heavy atom. The van der Waals surface area contributed by atoms with Gasteiger partial charge in [-0.05, 0) is 18.2 Å². The highest BCUT2D eigenvalue weighted by atomic mass is 35.5. The summed E-state index contributed by atoms with van der Waals surface area (Å²) in [6.45, 7) is 0. The minimum Gasteiger partial charge on any atom is -0.471 e. The van der Waals surface area contributed by atoms with Crippen LogP contribution in [-0.4, -0.2) is 6.23 Å². The van der Waals surface area contributed by atoms with Crippen LogP contribution in [0.4, 0.5) is 0 Å². The summed E-state index contributed by atoms with van der Waals surface area (Å²) >= 11 is 5.94. The lowest BCUT2D eigenvalue weighted by atomic mass is 10.1. The van der Waals surface area contributed by atoms with Gasteiger partial charge in [-0.25, -0.2) is 0 Å². The molecule has 1 aromatic carbocycles. The van der Waals surface area contributed by atoms with Crippen LogP contribution < -0.4 is 10.5 Å². The molecule has 0 aromatic heterocycles. The van der Waals surface area contributed by atoms with Gasteiger partial charge in [0, 0.05) is 5.56 Å². The molecule has 0 saturated heterocycles. The maximum atomic E-state index is 5.94. The number of halogens is 1. The molecule has 1 atom stereocenters. The zero-order chi connectivity index (χ0) is 8.55. The summed E-state index contributed by atoms with van der Waals surface area (Å²) in [5, 5.41) is 0.657. The zero-order valence-corrected chi connectivity index (χ0v) is 7.08. The standard InChI is InChI=1S/C9H8ClNO/c10-7-5-9(11)12-8-4-2-1-3-6(7)8/h1-5,9H,11H2. The van der Waals surface area contributed by atoms with E-state index in [1.54, 1.807) is 6.08 Å². The average molecular weight is 182 g/mol. The van der Waals surface area contributed by atoms with Gasteiger partial charge in [0.15, 0.2) is 6.23 Å². The Morgan fingerprint density at radius 2 is 2.08 bits per heavy atom. The third kappa shape index (κ3) is 1.19. The molecule has 62 valence electrons. The molecule has 2 rings (SSSR count). The van der Waals surface area contributed by atoms with E-state index in [9.17, 15) is 0 Å². The first-order valence-corrected chi connectivity index (χ1v) is 4.04. The van der Waals surface area contributed by atoms with Crippen molar-refractivity contribution >= 4 is 16.6 Å². The lowest BCUT2D eigenvalue weighted by molar-refractivity contribution is 0.254. The van der Waals surface area contributed by atoms with Crippen LogP contribution in [0.5, 0.6) is 5.75 Å². The second-order valence-electron chi connectivity index (χ2n) is 2.59. The van der Waals surface area contributed by atoms with Crippen LogP contribution >= 0.6 is 11.6 Å². The minimum atomic E-state index is -0.424. The number of hydrogen-bond acceptors (Lipinski definition) is 2. The highest BCUT2D eigenvalue weighted by molar-refractivity contribution is 6.49. The molecule has 2 N–H and O–H groups in total. The first-order valence-electron chi connectivity index (χ1n) is 3.66. The maximum Gasteiger partial charge on any atom is 0.168 e. The molecule has 1 heterocycles. The van der Waals surface area contributed by atoms with Crippen molar-refractivity contribution in [2.24, 2.45) is 5.73 Å². The molecular formula is C9H8ClNO.